The van der Waals surface area contributed by atoms with Gasteiger partial charge in [0, 0.05) is 12.1 Å². The lowest BCUT2D eigenvalue weighted by Crippen LogP contribution is -2.43. The average Bonchev–Trinajstić information content (AvgIpc) is 2.59. The van der Waals surface area contributed by atoms with Crippen molar-refractivity contribution in [2.75, 3.05) is 19.7 Å². The minimum Gasteiger partial charge on any atom is -0.486 e. The van der Waals surface area contributed by atoms with Gasteiger partial charge in [-0.3, -0.25) is 4.79 Å². The molecule has 0 N–H and O–H groups in total. The quantitative estimate of drug-likeness (QED) is 0.869. The molecule has 1 amide bonds. The summed E-state index contributed by atoms with van der Waals surface area (Å²) in [6, 6.07) is 15.3. The minimum atomic E-state index is -0.154. The number of benzene rings is 2. The molecule has 1 atom stereocenters. The fourth-order valence-corrected chi connectivity index (χ4v) is 2.72. The minimum absolute atomic E-state index is 0.0265. The molecule has 4 heteroatoms. The van der Waals surface area contributed by atoms with Crippen LogP contribution in [0, 0.1) is 6.92 Å². The average molecular weight is 311 g/mol. The Bertz CT molecular complexity index is 699. The molecule has 23 heavy (non-hydrogen) atoms. The van der Waals surface area contributed by atoms with E-state index < -0.39 is 0 Å². The number of nitrogens with zero attached hydrogens (tertiary/aromatic N) is 1. The van der Waals surface area contributed by atoms with E-state index in [9.17, 15) is 4.79 Å². The van der Waals surface area contributed by atoms with Crippen molar-refractivity contribution in [2.24, 2.45) is 0 Å². The lowest BCUT2D eigenvalue weighted by atomic mass is 10.1. The number of hydrogen-bond donors (Lipinski definition) is 0. The van der Waals surface area contributed by atoms with E-state index >= 15 is 0 Å². The molecule has 0 radical (unpaired) electrons. The first kappa shape index (κ1) is 15.4. The summed E-state index contributed by atoms with van der Waals surface area (Å²) < 4.78 is 11.7. The molecule has 0 spiro atoms. The Morgan fingerprint density at radius 2 is 1.96 bits per heavy atom. The van der Waals surface area contributed by atoms with Crippen LogP contribution in [0.2, 0.25) is 0 Å². The van der Waals surface area contributed by atoms with Gasteiger partial charge in [0.1, 0.15) is 6.61 Å². The van der Waals surface area contributed by atoms with Crippen LogP contribution in [0.1, 0.15) is 22.8 Å². The number of ether oxygens (including phenoxy) is 2. The van der Waals surface area contributed by atoms with E-state index in [4.69, 9.17) is 9.47 Å². The van der Waals surface area contributed by atoms with Crippen molar-refractivity contribution in [3.8, 4) is 11.5 Å². The van der Waals surface area contributed by atoms with Crippen molar-refractivity contribution >= 4 is 5.91 Å². The summed E-state index contributed by atoms with van der Waals surface area (Å²) in [6.07, 6.45) is -0.154. The molecule has 1 unspecified atom stereocenters. The summed E-state index contributed by atoms with van der Waals surface area (Å²) in [4.78, 5) is 14.5. The Labute approximate surface area is 136 Å². The Morgan fingerprint density at radius 3 is 2.70 bits per heavy atom. The third kappa shape index (κ3) is 3.47. The lowest BCUT2D eigenvalue weighted by molar-refractivity contribution is 0.0475. The third-order valence-corrected chi connectivity index (χ3v) is 3.93. The SMILES string of the molecule is CCN(CC1COc2ccccc2O1)C(=O)c1cccc(C)c1. The van der Waals surface area contributed by atoms with Crippen LogP contribution in [0.25, 0.3) is 0 Å². The number of amides is 1. The van der Waals surface area contributed by atoms with E-state index in [0.29, 0.717) is 25.3 Å². The highest BCUT2D eigenvalue weighted by molar-refractivity contribution is 5.94. The van der Waals surface area contributed by atoms with Gasteiger partial charge in [0.05, 0.1) is 6.54 Å². The van der Waals surface area contributed by atoms with Crippen LogP contribution in [0.3, 0.4) is 0 Å². The van der Waals surface area contributed by atoms with Gasteiger partial charge in [-0.1, -0.05) is 29.8 Å². The summed E-state index contributed by atoms with van der Waals surface area (Å²) in [7, 11) is 0. The zero-order chi connectivity index (χ0) is 16.2. The second kappa shape index (κ2) is 6.73. The van der Waals surface area contributed by atoms with E-state index in [1.165, 1.54) is 0 Å². The Kier molecular flexibility index (Phi) is 4.51. The van der Waals surface area contributed by atoms with Gasteiger partial charge < -0.3 is 14.4 Å². The number of aryl methyl sites for hydroxylation is 1. The molecule has 3 rings (SSSR count). The normalized spacial score (nSPS) is 16.0. The number of carbonyl (C=O) groups excluding carboxylic acids is 1. The first-order valence-corrected chi connectivity index (χ1v) is 7.92. The van der Waals surface area contributed by atoms with Crippen molar-refractivity contribution in [3.05, 3.63) is 59.7 Å². The number of fused-ring (bicyclic) bond motifs is 1. The van der Waals surface area contributed by atoms with Crippen molar-refractivity contribution in [3.63, 3.8) is 0 Å². The van der Waals surface area contributed by atoms with Crippen LogP contribution in [-0.4, -0.2) is 36.6 Å². The summed E-state index contributed by atoms with van der Waals surface area (Å²) in [5, 5.41) is 0. The molecular weight excluding hydrogens is 290 g/mol. The monoisotopic (exact) mass is 311 g/mol. The molecule has 1 aliphatic heterocycles. The highest BCUT2D eigenvalue weighted by atomic mass is 16.6. The summed E-state index contributed by atoms with van der Waals surface area (Å²) >= 11 is 0. The van der Waals surface area contributed by atoms with Crippen LogP contribution >= 0.6 is 0 Å². The standard InChI is InChI=1S/C19H21NO3/c1-3-20(19(21)15-8-6-7-14(2)11-15)12-16-13-22-17-9-4-5-10-18(17)23-16/h4-11,16H,3,12-13H2,1-2H3. The fraction of sp³-hybridized carbons (Fsp3) is 0.316. The van der Waals surface area contributed by atoms with E-state index in [1.54, 1.807) is 4.90 Å². The summed E-state index contributed by atoms with van der Waals surface area (Å²) in [5.74, 6) is 1.53. The maximum Gasteiger partial charge on any atom is 0.253 e. The molecule has 2 aromatic rings. The second-order valence-corrected chi connectivity index (χ2v) is 5.71. The van der Waals surface area contributed by atoms with Crippen LogP contribution < -0.4 is 9.47 Å². The Balaban J connectivity index is 1.69. The van der Waals surface area contributed by atoms with E-state index in [-0.39, 0.29) is 12.0 Å². The van der Waals surface area contributed by atoms with Gasteiger partial charge in [-0.15, -0.1) is 0 Å². The van der Waals surface area contributed by atoms with Crippen LogP contribution in [0.4, 0.5) is 0 Å². The zero-order valence-corrected chi connectivity index (χ0v) is 13.5. The molecule has 2 aromatic carbocycles. The zero-order valence-electron chi connectivity index (χ0n) is 13.5. The number of hydrogen-bond acceptors (Lipinski definition) is 3. The van der Waals surface area contributed by atoms with Crippen molar-refractivity contribution in [2.45, 2.75) is 20.0 Å². The number of carbonyl (C=O) groups is 1. The maximum atomic E-state index is 12.7. The van der Waals surface area contributed by atoms with Crippen LogP contribution in [0.5, 0.6) is 11.5 Å². The molecule has 0 fully saturated rings. The smallest absolute Gasteiger partial charge is 0.253 e. The molecular formula is C19H21NO3. The topological polar surface area (TPSA) is 38.8 Å². The predicted molar refractivity (Wildman–Crippen MR) is 89.1 cm³/mol. The summed E-state index contributed by atoms with van der Waals surface area (Å²) in [6.45, 7) is 5.56. The largest absolute Gasteiger partial charge is 0.486 e. The Morgan fingerprint density at radius 1 is 1.17 bits per heavy atom. The Hall–Kier alpha value is -2.49. The molecule has 1 heterocycles. The van der Waals surface area contributed by atoms with Gasteiger partial charge in [-0.25, -0.2) is 0 Å². The highest BCUT2D eigenvalue weighted by Crippen LogP contribution is 2.31. The van der Waals surface area contributed by atoms with Crippen molar-refractivity contribution in [1.29, 1.82) is 0 Å². The van der Waals surface area contributed by atoms with Gasteiger partial charge in [0.25, 0.3) is 5.91 Å². The van der Waals surface area contributed by atoms with E-state index in [2.05, 4.69) is 0 Å². The van der Waals surface area contributed by atoms with E-state index in [1.807, 2.05) is 62.4 Å². The maximum absolute atomic E-state index is 12.7. The fourth-order valence-electron chi connectivity index (χ4n) is 2.72. The lowest BCUT2D eigenvalue weighted by Gasteiger charge is -2.31. The van der Waals surface area contributed by atoms with Gasteiger partial charge in [-0.2, -0.15) is 0 Å². The van der Waals surface area contributed by atoms with E-state index in [0.717, 1.165) is 17.1 Å². The summed E-state index contributed by atoms with van der Waals surface area (Å²) in [5.41, 5.74) is 1.79. The second-order valence-electron chi connectivity index (χ2n) is 5.71. The number of likely N-dealkylation sites (N-methyl/N-ethyl adjacent to an activating group) is 1. The van der Waals surface area contributed by atoms with Gasteiger partial charge >= 0.3 is 0 Å². The number of rotatable bonds is 4. The van der Waals surface area contributed by atoms with Crippen LogP contribution in [0.15, 0.2) is 48.5 Å². The highest BCUT2D eigenvalue weighted by Gasteiger charge is 2.25. The molecule has 0 saturated carbocycles. The number of para-hydroxylation sites is 2. The first-order chi connectivity index (χ1) is 11.2. The molecule has 0 aliphatic carbocycles. The molecule has 0 bridgehead atoms. The molecule has 1 aliphatic rings. The van der Waals surface area contributed by atoms with Gasteiger partial charge in [0.15, 0.2) is 17.6 Å². The van der Waals surface area contributed by atoms with Gasteiger partial charge in [-0.05, 0) is 38.1 Å². The molecule has 120 valence electrons. The molecule has 0 saturated heterocycles. The first-order valence-electron chi connectivity index (χ1n) is 7.92. The third-order valence-electron chi connectivity index (χ3n) is 3.93. The predicted octanol–water partition coefficient (Wildman–Crippen LogP) is 3.30. The van der Waals surface area contributed by atoms with Gasteiger partial charge in [0.2, 0.25) is 0 Å². The van der Waals surface area contributed by atoms with Crippen molar-refractivity contribution < 1.29 is 14.3 Å². The molecule has 4 nitrogen and oxygen atoms in total. The van der Waals surface area contributed by atoms with Crippen LogP contribution in [-0.2, 0) is 0 Å². The molecule has 0 aromatic heterocycles. The van der Waals surface area contributed by atoms with Crippen molar-refractivity contribution in [1.82, 2.24) is 4.90 Å².